The minimum atomic E-state index is 0.416. The summed E-state index contributed by atoms with van der Waals surface area (Å²) in [5.41, 5.74) is 7.17. The summed E-state index contributed by atoms with van der Waals surface area (Å²) < 4.78 is 0. The number of nitrogens with two attached hydrogens (primary N) is 1. The van der Waals surface area contributed by atoms with E-state index in [0.717, 1.165) is 12.8 Å². The highest BCUT2D eigenvalue weighted by molar-refractivity contribution is 5.85. The summed E-state index contributed by atoms with van der Waals surface area (Å²) in [6.45, 7) is 0. The Morgan fingerprint density at radius 1 is 0.889 bits per heavy atom. The molecule has 3 N–H and O–H groups in total. The van der Waals surface area contributed by atoms with Gasteiger partial charge in [-0.1, -0.05) is 30.3 Å². The predicted molar refractivity (Wildman–Crippen MR) is 77.8 cm³/mol. The van der Waals surface area contributed by atoms with Crippen molar-refractivity contribution >= 4 is 16.5 Å². The van der Waals surface area contributed by atoms with Gasteiger partial charge in [-0.15, -0.1) is 0 Å². The molecule has 0 amide bonds. The van der Waals surface area contributed by atoms with Crippen LogP contribution in [0, 0.1) is 0 Å². The lowest BCUT2D eigenvalue weighted by atomic mass is 9.91. The molecule has 0 aliphatic heterocycles. The molecule has 0 atom stereocenters. The van der Waals surface area contributed by atoms with Crippen LogP contribution in [0.15, 0.2) is 42.5 Å². The molecule has 94 valence electrons. The van der Waals surface area contributed by atoms with E-state index >= 15 is 0 Å². The number of fused-ring (bicyclic) bond motifs is 1. The average molecular weight is 240 g/mol. The van der Waals surface area contributed by atoms with Gasteiger partial charge in [0.1, 0.15) is 0 Å². The summed E-state index contributed by atoms with van der Waals surface area (Å²) in [4.78, 5) is 0. The lowest BCUT2D eigenvalue weighted by molar-refractivity contribution is 0.411. The highest BCUT2D eigenvalue weighted by atomic mass is 14.9. The number of hydrogen-bond acceptors (Lipinski definition) is 2. The minimum absolute atomic E-state index is 0.416. The molecule has 1 saturated carbocycles. The Hall–Kier alpha value is -1.54. The molecule has 1 aliphatic rings. The number of benzene rings is 2. The van der Waals surface area contributed by atoms with Gasteiger partial charge < -0.3 is 11.1 Å². The maximum Gasteiger partial charge on any atom is 0.0348 e. The zero-order valence-corrected chi connectivity index (χ0v) is 10.6. The van der Waals surface area contributed by atoms with Gasteiger partial charge in [0.05, 0.1) is 0 Å². The first-order valence-corrected chi connectivity index (χ1v) is 6.82. The Labute approximate surface area is 108 Å². The molecule has 0 spiro atoms. The van der Waals surface area contributed by atoms with Crippen LogP contribution in [0.1, 0.15) is 25.7 Å². The van der Waals surface area contributed by atoms with Gasteiger partial charge in [0.15, 0.2) is 0 Å². The smallest absolute Gasteiger partial charge is 0.0348 e. The van der Waals surface area contributed by atoms with Gasteiger partial charge in [0.2, 0.25) is 0 Å². The second kappa shape index (κ2) is 4.99. The van der Waals surface area contributed by atoms with Crippen molar-refractivity contribution in [1.82, 2.24) is 0 Å². The van der Waals surface area contributed by atoms with Gasteiger partial charge in [0, 0.05) is 17.8 Å². The Balaban J connectivity index is 1.74. The van der Waals surface area contributed by atoms with Crippen LogP contribution in [0.25, 0.3) is 10.8 Å². The molecule has 0 aromatic heterocycles. The Bertz CT molecular complexity index is 527. The molecule has 2 heteroatoms. The number of anilines is 1. The minimum Gasteiger partial charge on any atom is -0.382 e. The highest BCUT2D eigenvalue weighted by Gasteiger charge is 2.17. The van der Waals surface area contributed by atoms with Crippen LogP contribution < -0.4 is 11.1 Å². The molecule has 0 bridgehead atoms. The van der Waals surface area contributed by atoms with Crippen molar-refractivity contribution in [2.24, 2.45) is 5.73 Å². The summed E-state index contributed by atoms with van der Waals surface area (Å²) in [5.74, 6) is 0. The number of hydrogen-bond donors (Lipinski definition) is 2. The number of nitrogens with one attached hydrogen (secondary N) is 1. The molecule has 3 rings (SSSR count). The van der Waals surface area contributed by atoms with E-state index in [4.69, 9.17) is 5.73 Å². The standard InChI is InChI=1S/C16H20N2/c17-14-6-9-15(10-7-14)18-16-8-5-12-3-1-2-4-13(12)11-16/h1-5,8,11,14-15,18H,6-7,9-10,17H2. The summed E-state index contributed by atoms with van der Waals surface area (Å²) in [5, 5.41) is 6.24. The van der Waals surface area contributed by atoms with Gasteiger partial charge in [-0.3, -0.25) is 0 Å². The van der Waals surface area contributed by atoms with E-state index in [2.05, 4.69) is 47.8 Å². The monoisotopic (exact) mass is 240 g/mol. The molecule has 0 heterocycles. The van der Waals surface area contributed by atoms with Crippen LogP contribution in [0.5, 0.6) is 0 Å². The summed E-state index contributed by atoms with van der Waals surface area (Å²) in [6.07, 6.45) is 4.67. The van der Waals surface area contributed by atoms with Crippen LogP contribution in [0.4, 0.5) is 5.69 Å². The molecular weight excluding hydrogens is 220 g/mol. The Morgan fingerprint density at radius 3 is 2.39 bits per heavy atom. The van der Waals surface area contributed by atoms with Crippen molar-refractivity contribution in [3.05, 3.63) is 42.5 Å². The van der Waals surface area contributed by atoms with Crippen LogP contribution >= 0.6 is 0 Å². The third-order valence-electron chi connectivity index (χ3n) is 3.89. The largest absolute Gasteiger partial charge is 0.382 e. The Morgan fingerprint density at radius 2 is 1.61 bits per heavy atom. The van der Waals surface area contributed by atoms with Gasteiger partial charge in [-0.25, -0.2) is 0 Å². The maximum absolute atomic E-state index is 5.94. The first-order chi connectivity index (χ1) is 8.81. The van der Waals surface area contributed by atoms with Crippen molar-refractivity contribution in [3.63, 3.8) is 0 Å². The summed E-state index contributed by atoms with van der Waals surface area (Å²) in [6, 6.07) is 16.1. The quantitative estimate of drug-likeness (QED) is 0.843. The van der Waals surface area contributed by atoms with Crippen LogP contribution in [0.3, 0.4) is 0 Å². The van der Waals surface area contributed by atoms with E-state index in [9.17, 15) is 0 Å². The molecule has 1 fully saturated rings. The number of rotatable bonds is 2. The molecule has 0 radical (unpaired) electrons. The van der Waals surface area contributed by atoms with E-state index in [1.165, 1.54) is 29.3 Å². The van der Waals surface area contributed by atoms with Crippen molar-refractivity contribution in [2.45, 2.75) is 37.8 Å². The molecular formula is C16H20N2. The topological polar surface area (TPSA) is 38.0 Å². The first kappa shape index (κ1) is 11.5. The third-order valence-corrected chi connectivity index (χ3v) is 3.89. The van der Waals surface area contributed by atoms with Crippen molar-refractivity contribution < 1.29 is 0 Å². The Kier molecular flexibility index (Phi) is 3.20. The van der Waals surface area contributed by atoms with Gasteiger partial charge in [-0.05, 0) is 48.6 Å². The average Bonchev–Trinajstić information content (AvgIpc) is 2.41. The predicted octanol–water partition coefficient (Wildman–Crippen LogP) is 3.52. The van der Waals surface area contributed by atoms with Gasteiger partial charge in [-0.2, -0.15) is 0 Å². The third kappa shape index (κ3) is 2.49. The highest BCUT2D eigenvalue weighted by Crippen LogP contribution is 2.24. The second-order valence-corrected chi connectivity index (χ2v) is 5.32. The van der Waals surface area contributed by atoms with Crippen LogP contribution in [-0.2, 0) is 0 Å². The SMILES string of the molecule is NC1CCC(Nc2ccc3ccccc3c2)CC1. The molecule has 0 saturated heterocycles. The zero-order chi connectivity index (χ0) is 12.4. The van der Waals surface area contributed by atoms with Crippen LogP contribution in [0.2, 0.25) is 0 Å². The van der Waals surface area contributed by atoms with Crippen molar-refractivity contribution in [3.8, 4) is 0 Å². The van der Waals surface area contributed by atoms with Gasteiger partial charge >= 0.3 is 0 Å². The van der Waals surface area contributed by atoms with Crippen molar-refractivity contribution in [1.29, 1.82) is 0 Å². The fourth-order valence-corrected chi connectivity index (χ4v) is 2.78. The van der Waals surface area contributed by atoms with Crippen molar-refractivity contribution in [2.75, 3.05) is 5.32 Å². The van der Waals surface area contributed by atoms with E-state index < -0.39 is 0 Å². The zero-order valence-electron chi connectivity index (χ0n) is 10.6. The van der Waals surface area contributed by atoms with E-state index in [1.807, 2.05) is 0 Å². The first-order valence-electron chi connectivity index (χ1n) is 6.82. The molecule has 18 heavy (non-hydrogen) atoms. The molecule has 0 unspecified atom stereocenters. The van der Waals surface area contributed by atoms with E-state index in [0.29, 0.717) is 12.1 Å². The second-order valence-electron chi connectivity index (χ2n) is 5.32. The normalized spacial score (nSPS) is 24.1. The lowest BCUT2D eigenvalue weighted by Crippen LogP contribution is -2.32. The van der Waals surface area contributed by atoms with Crippen LogP contribution in [-0.4, -0.2) is 12.1 Å². The maximum atomic E-state index is 5.94. The fourth-order valence-electron chi connectivity index (χ4n) is 2.78. The lowest BCUT2D eigenvalue weighted by Gasteiger charge is -2.27. The summed E-state index contributed by atoms with van der Waals surface area (Å²) >= 11 is 0. The van der Waals surface area contributed by atoms with E-state index in [1.54, 1.807) is 0 Å². The van der Waals surface area contributed by atoms with E-state index in [-0.39, 0.29) is 0 Å². The molecule has 1 aliphatic carbocycles. The molecule has 2 aromatic carbocycles. The molecule has 2 aromatic rings. The fraction of sp³-hybridized carbons (Fsp3) is 0.375. The van der Waals surface area contributed by atoms with Gasteiger partial charge in [0.25, 0.3) is 0 Å². The molecule has 2 nitrogen and oxygen atoms in total. The summed E-state index contributed by atoms with van der Waals surface area (Å²) in [7, 11) is 0.